The van der Waals surface area contributed by atoms with Crippen LogP contribution in [0, 0.1) is 0 Å². The van der Waals surface area contributed by atoms with Gasteiger partial charge in [-0.05, 0) is 17.7 Å². The Morgan fingerprint density at radius 2 is 1.35 bits per heavy atom. The van der Waals surface area contributed by atoms with E-state index >= 15 is 0 Å². The molecule has 0 bridgehead atoms. The Kier molecular flexibility index (Phi) is 6.17. The number of hydrogen-bond acceptors (Lipinski definition) is 2. The highest BCUT2D eigenvalue weighted by molar-refractivity contribution is 7.06. The number of hydrogen-bond donors (Lipinski definition) is 1. The fraction of sp³-hybridized carbons (Fsp3) is 0.350. The number of nitrogens with one attached hydrogen (secondary N) is 1. The highest BCUT2D eigenvalue weighted by Crippen LogP contribution is 2.30. The normalized spacial score (nSPS) is 12.7. The molecule has 1 unspecified atom stereocenters. The van der Waals surface area contributed by atoms with Gasteiger partial charge in [-0.15, -0.1) is 0 Å². The molecule has 0 aliphatic carbocycles. The molecule has 0 saturated carbocycles. The zero-order chi connectivity index (χ0) is 16.7. The van der Waals surface area contributed by atoms with E-state index in [9.17, 15) is 4.79 Å². The van der Waals surface area contributed by atoms with Crippen LogP contribution in [0.25, 0.3) is 0 Å². The minimum Gasteiger partial charge on any atom is -0.372 e. The minimum absolute atomic E-state index is 0.245. The molecule has 1 N–H and O–H groups in total. The van der Waals surface area contributed by atoms with Gasteiger partial charge in [-0.3, -0.25) is 0 Å². The van der Waals surface area contributed by atoms with E-state index < -0.39 is 8.07 Å². The van der Waals surface area contributed by atoms with E-state index in [1.807, 2.05) is 48.5 Å². The lowest BCUT2D eigenvalue weighted by Gasteiger charge is -2.32. The first kappa shape index (κ1) is 17.5. The predicted octanol–water partition coefficient (Wildman–Crippen LogP) is 5.46. The van der Waals surface area contributed by atoms with Crippen LogP contribution < -0.4 is 5.32 Å². The summed E-state index contributed by atoms with van der Waals surface area (Å²) in [5, 5.41) is 3.92. The van der Waals surface area contributed by atoms with Crippen LogP contribution in [0.1, 0.15) is 32.4 Å². The molecule has 2 aromatic rings. The molecule has 0 amide bonds. The summed E-state index contributed by atoms with van der Waals surface area (Å²) in [7, 11) is -1.92. The van der Waals surface area contributed by atoms with Gasteiger partial charge in [0, 0.05) is 5.69 Å². The van der Waals surface area contributed by atoms with Crippen LogP contribution in [0.4, 0.5) is 5.69 Å². The fourth-order valence-electron chi connectivity index (χ4n) is 3.23. The van der Waals surface area contributed by atoms with Crippen molar-refractivity contribution in [3.8, 4) is 0 Å². The molecule has 2 aromatic carbocycles. The lowest BCUT2D eigenvalue weighted by Crippen LogP contribution is -2.47. The zero-order valence-electron chi connectivity index (χ0n) is 14.4. The van der Waals surface area contributed by atoms with Crippen molar-refractivity contribution in [1.82, 2.24) is 0 Å². The summed E-state index contributed by atoms with van der Waals surface area (Å²) >= 11 is 0. The van der Waals surface area contributed by atoms with Gasteiger partial charge in [0.05, 0.1) is 0 Å². The average Bonchev–Trinajstić information content (AvgIpc) is 2.63. The standard InChI is InChI=1S/C20H27NOSi/c1-4-23(5-2,6-3)20(22)19(17-13-9-7-10-14-17)21-18-15-11-8-12-16-18/h7-16,19,21H,4-6H2,1-3H3. The van der Waals surface area contributed by atoms with E-state index in [-0.39, 0.29) is 6.04 Å². The van der Waals surface area contributed by atoms with Crippen LogP contribution in [0.3, 0.4) is 0 Å². The molecular weight excluding hydrogens is 298 g/mol. The molecule has 0 heterocycles. The highest BCUT2D eigenvalue weighted by Gasteiger charge is 2.40. The lowest BCUT2D eigenvalue weighted by atomic mass is 10.1. The van der Waals surface area contributed by atoms with Crippen LogP contribution in [0.2, 0.25) is 18.1 Å². The molecule has 0 saturated heterocycles. The summed E-state index contributed by atoms with van der Waals surface area (Å²) in [6.45, 7) is 6.55. The van der Waals surface area contributed by atoms with Gasteiger partial charge in [0.15, 0.2) is 0 Å². The number of para-hydroxylation sites is 1. The van der Waals surface area contributed by atoms with Gasteiger partial charge < -0.3 is 10.1 Å². The summed E-state index contributed by atoms with van der Waals surface area (Å²) < 4.78 is 0. The van der Waals surface area contributed by atoms with E-state index in [1.54, 1.807) is 0 Å². The van der Waals surface area contributed by atoms with Crippen LogP contribution in [0.15, 0.2) is 60.7 Å². The Morgan fingerprint density at radius 3 is 1.83 bits per heavy atom. The first-order valence-electron chi connectivity index (χ1n) is 8.57. The van der Waals surface area contributed by atoms with Crippen molar-refractivity contribution in [3.05, 3.63) is 66.2 Å². The third-order valence-corrected chi connectivity index (χ3v) is 10.4. The Bertz CT molecular complexity index is 600. The summed E-state index contributed by atoms with van der Waals surface area (Å²) in [5.74, 6) is 0. The Labute approximate surface area is 141 Å². The molecule has 2 nitrogen and oxygen atoms in total. The molecule has 0 aromatic heterocycles. The van der Waals surface area contributed by atoms with Gasteiger partial charge in [-0.25, -0.2) is 0 Å². The molecule has 2 rings (SSSR count). The molecule has 122 valence electrons. The van der Waals surface area contributed by atoms with E-state index in [2.05, 4.69) is 38.2 Å². The SMILES string of the molecule is CC[Si](CC)(CC)C(=O)C(Nc1ccccc1)c1ccccc1. The number of rotatable bonds is 8. The van der Waals surface area contributed by atoms with Gasteiger partial charge in [0.1, 0.15) is 19.5 Å². The fourth-order valence-corrected chi connectivity index (χ4v) is 6.62. The topological polar surface area (TPSA) is 29.1 Å². The summed E-state index contributed by atoms with van der Waals surface area (Å²) in [4.78, 5) is 13.5. The molecule has 0 fully saturated rings. The van der Waals surface area contributed by atoms with E-state index in [4.69, 9.17) is 0 Å². The second-order valence-electron chi connectivity index (χ2n) is 6.06. The first-order chi connectivity index (χ1) is 11.2. The van der Waals surface area contributed by atoms with Crippen molar-refractivity contribution in [1.29, 1.82) is 0 Å². The van der Waals surface area contributed by atoms with Gasteiger partial charge in [0.2, 0.25) is 0 Å². The van der Waals surface area contributed by atoms with Gasteiger partial charge >= 0.3 is 0 Å². The van der Waals surface area contributed by atoms with Crippen molar-refractivity contribution in [2.45, 2.75) is 44.9 Å². The largest absolute Gasteiger partial charge is 0.372 e. The van der Waals surface area contributed by atoms with Crippen molar-refractivity contribution < 1.29 is 4.79 Å². The van der Waals surface area contributed by atoms with Crippen LogP contribution in [0.5, 0.6) is 0 Å². The van der Waals surface area contributed by atoms with E-state index in [0.717, 1.165) is 29.4 Å². The third-order valence-electron chi connectivity index (χ3n) is 5.03. The first-order valence-corrected chi connectivity index (χ1v) is 11.2. The van der Waals surface area contributed by atoms with Crippen LogP contribution in [-0.4, -0.2) is 13.5 Å². The highest BCUT2D eigenvalue weighted by atomic mass is 28.3. The molecule has 0 spiro atoms. The molecule has 3 heteroatoms. The molecule has 1 atom stereocenters. The van der Waals surface area contributed by atoms with Gasteiger partial charge in [0.25, 0.3) is 0 Å². The monoisotopic (exact) mass is 325 g/mol. The van der Waals surface area contributed by atoms with E-state index in [1.165, 1.54) is 0 Å². The number of carbonyl (C=O) groups excluding carboxylic acids is 1. The van der Waals surface area contributed by atoms with Crippen molar-refractivity contribution in [2.75, 3.05) is 5.32 Å². The summed E-state index contributed by atoms with van der Waals surface area (Å²) in [6, 6.07) is 23.0. The van der Waals surface area contributed by atoms with Crippen LogP contribution >= 0.6 is 0 Å². The molecule has 0 radical (unpaired) electrons. The predicted molar refractivity (Wildman–Crippen MR) is 101 cm³/mol. The maximum absolute atomic E-state index is 13.5. The van der Waals surface area contributed by atoms with Crippen molar-refractivity contribution in [3.63, 3.8) is 0 Å². The molecule has 23 heavy (non-hydrogen) atoms. The lowest BCUT2D eigenvalue weighted by molar-refractivity contribution is -0.113. The zero-order valence-corrected chi connectivity index (χ0v) is 15.4. The smallest absolute Gasteiger partial charge is 0.138 e. The van der Waals surface area contributed by atoms with Crippen molar-refractivity contribution >= 4 is 19.2 Å². The van der Waals surface area contributed by atoms with E-state index in [0.29, 0.717) is 5.41 Å². The molecule has 0 aliphatic heterocycles. The minimum atomic E-state index is -1.92. The summed E-state index contributed by atoms with van der Waals surface area (Å²) in [5.41, 5.74) is 2.06. The number of carbonyl (C=O) groups is 1. The second-order valence-corrected chi connectivity index (χ2v) is 11.2. The average molecular weight is 326 g/mol. The maximum Gasteiger partial charge on any atom is 0.138 e. The number of benzene rings is 2. The Balaban J connectivity index is 2.39. The van der Waals surface area contributed by atoms with Gasteiger partial charge in [-0.2, -0.15) is 0 Å². The van der Waals surface area contributed by atoms with Crippen molar-refractivity contribution in [2.24, 2.45) is 0 Å². The quantitative estimate of drug-likeness (QED) is 0.653. The maximum atomic E-state index is 13.5. The molecule has 0 aliphatic rings. The van der Waals surface area contributed by atoms with Gasteiger partial charge in [-0.1, -0.05) is 87.4 Å². The third kappa shape index (κ3) is 3.91. The number of anilines is 1. The molecular formula is C20H27NOSi. The Morgan fingerprint density at radius 1 is 0.870 bits per heavy atom. The summed E-state index contributed by atoms with van der Waals surface area (Å²) in [6.07, 6.45) is 0. The van der Waals surface area contributed by atoms with Crippen LogP contribution in [-0.2, 0) is 4.79 Å². The Hall–Kier alpha value is -1.87. The second kappa shape index (κ2) is 8.11.